The van der Waals surface area contributed by atoms with Crippen molar-refractivity contribution in [3.63, 3.8) is 0 Å². The van der Waals surface area contributed by atoms with Gasteiger partial charge in [0.15, 0.2) is 0 Å². The molecule has 70 valence electrons. The molecule has 1 rings (SSSR count). The Bertz CT molecular complexity index is 156. The molecule has 1 heterocycles. The lowest BCUT2D eigenvalue weighted by Gasteiger charge is -2.07. The van der Waals surface area contributed by atoms with Crippen LogP contribution >= 0.6 is 0 Å². The maximum absolute atomic E-state index is 9.26. The number of aliphatic hydroxyl groups excluding tert-OH is 1. The monoisotopic (exact) mass is 169 g/mol. The van der Waals surface area contributed by atoms with Gasteiger partial charge in [0.2, 0.25) is 0 Å². The van der Waals surface area contributed by atoms with Gasteiger partial charge in [0.1, 0.15) is 0 Å². The van der Waals surface area contributed by atoms with Crippen molar-refractivity contribution < 1.29 is 5.11 Å². The second-order valence-corrected chi connectivity index (χ2v) is 4.04. The van der Waals surface area contributed by atoms with Crippen molar-refractivity contribution in [1.29, 1.82) is 0 Å². The summed E-state index contributed by atoms with van der Waals surface area (Å²) in [4.78, 5) is 2.30. The first-order valence-electron chi connectivity index (χ1n) is 4.68. The largest absolute Gasteiger partial charge is 0.388 e. The zero-order valence-electron chi connectivity index (χ0n) is 8.03. The Labute approximate surface area is 74.9 Å². The maximum atomic E-state index is 9.26. The molecule has 12 heavy (non-hydrogen) atoms. The average molecular weight is 169 g/mol. The van der Waals surface area contributed by atoms with Crippen LogP contribution in [0.1, 0.15) is 20.3 Å². The molecule has 1 aliphatic rings. The van der Waals surface area contributed by atoms with Crippen molar-refractivity contribution in [2.75, 3.05) is 13.1 Å². The molecule has 0 aromatic carbocycles. The molecular weight excluding hydrogens is 150 g/mol. The van der Waals surface area contributed by atoms with Gasteiger partial charge in [-0.1, -0.05) is 19.9 Å². The van der Waals surface area contributed by atoms with Crippen LogP contribution in [0.3, 0.4) is 0 Å². The van der Waals surface area contributed by atoms with Gasteiger partial charge in [-0.25, -0.2) is 0 Å². The molecule has 2 heteroatoms. The Morgan fingerprint density at radius 3 is 2.83 bits per heavy atom. The molecule has 0 aromatic rings. The summed E-state index contributed by atoms with van der Waals surface area (Å²) < 4.78 is 0. The first-order valence-corrected chi connectivity index (χ1v) is 4.68. The fourth-order valence-electron chi connectivity index (χ4n) is 1.53. The second kappa shape index (κ2) is 4.06. The zero-order valence-corrected chi connectivity index (χ0v) is 8.03. The minimum atomic E-state index is -0.345. The van der Waals surface area contributed by atoms with E-state index in [2.05, 4.69) is 25.3 Å². The van der Waals surface area contributed by atoms with Crippen LogP contribution in [-0.4, -0.2) is 35.2 Å². The molecule has 0 bridgehead atoms. The molecule has 1 fully saturated rings. The van der Waals surface area contributed by atoms with Crippen LogP contribution in [0.4, 0.5) is 0 Å². The number of aliphatic hydroxyl groups is 1. The highest BCUT2D eigenvalue weighted by atomic mass is 16.3. The van der Waals surface area contributed by atoms with Gasteiger partial charge in [-0.3, -0.25) is 4.90 Å². The van der Waals surface area contributed by atoms with Crippen LogP contribution < -0.4 is 0 Å². The molecule has 3 atom stereocenters. The minimum Gasteiger partial charge on any atom is -0.388 e. The molecule has 2 nitrogen and oxygen atoms in total. The van der Waals surface area contributed by atoms with Gasteiger partial charge in [-0.2, -0.15) is 0 Å². The molecule has 1 unspecified atom stereocenters. The Morgan fingerprint density at radius 1 is 1.67 bits per heavy atom. The summed E-state index contributed by atoms with van der Waals surface area (Å²) in [6.45, 7) is 9.94. The predicted octanol–water partition coefficient (Wildman–Crippen LogP) is 1.26. The first-order chi connectivity index (χ1) is 5.63. The topological polar surface area (TPSA) is 23.2 Å². The quantitative estimate of drug-likeness (QED) is 0.495. The van der Waals surface area contributed by atoms with Crippen molar-refractivity contribution in [2.45, 2.75) is 32.4 Å². The van der Waals surface area contributed by atoms with Crippen LogP contribution in [0.25, 0.3) is 0 Å². The lowest BCUT2D eigenvalue weighted by atomic mass is 10.1. The van der Waals surface area contributed by atoms with Crippen molar-refractivity contribution >= 4 is 0 Å². The summed E-state index contributed by atoms with van der Waals surface area (Å²) in [6, 6.07) is 0.722. The molecule has 0 amide bonds. The summed E-state index contributed by atoms with van der Waals surface area (Å²) in [5, 5.41) is 9.26. The number of hydrogen-bond donors (Lipinski definition) is 1. The van der Waals surface area contributed by atoms with Crippen molar-refractivity contribution in [3.8, 4) is 0 Å². The molecule has 0 saturated carbocycles. The molecule has 1 N–H and O–H groups in total. The number of β-amino-alcohol motifs (C(OH)–C–C–N with tert-alkyl or cyclic N) is 1. The maximum Gasteiger partial charge on any atom is 0.0845 e. The third kappa shape index (κ3) is 2.95. The summed E-state index contributed by atoms with van der Waals surface area (Å²) >= 11 is 0. The van der Waals surface area contributed by atoms with Gasteiger partial charge in [-0.15, -0.1) is 6.58 Å². The van der Waals surface area contributed by atoms with E-state index in [9.17, 15) is 5.11 Å². The van der Waals surface area contributed by atoms with Crippen LogP contribution in [0.5, 0.6) is 0 Å². The van der Waals surface area contributed by atoms with Gasteiger partial charge in [0.25, 0.3) is 0 Å². The molecule has 1 saturated heterocycles. The standard InChI is InChI=1S/C10H19NO/c1-4-10(12)7-11-6-9(11)5-8(2)3/h4,8-10,12H,1,5-7H2,2-3H3/t9-,10-,11?/m1/s1. The van der Waals surface area contributed by atoms with Gasteiger partial charge in [-0.05, 0) is 12.3 Å². The van der Waals surface area contributed by atoms with Gasteiger partial charge < -0.3 is 5.11 Å². The number of nitrogens with zero attached hydrogens (tertiary/aromatic N) is 1. The lowest BCUT2D eigenvalue weighted by Crippen LogP contribution is -2.18. The third-order valence-corrected chi connectivity index (χ3v) is 2.27. The molecular formula is C10H19NO. The van der Waals surface area contributed by atoms with E-state index in [1.165, 1.54) is 6.42 Å². The predicted molar refractivity (Wildman–Crippen MR) is 51.0 cm³/mol. The highest BCUT2D eigenvalue weighted by Gasteiger charge is 2.34. The Balaban J connectivity index is 2.11. The van der Waals surface area contributed by atoms with Crippen LogP contribution in [0.15, 0.2) is 12.7 Å². The van der Waals surface area contributed by atoms with E-state index in [1.807, 2.05) is 0 Å². The minimum absolute atomic E-state index is 0.345. The van der Waals surface area contributed by atoms with Crippen LogP contribution in [0.2, 0.25) is 0 Å². The second-order valence-electron chi connectivity index (χ2n) is 4.04. The summed E-state index contributed by atoms with van der Waals surface area (Å²) in [5.41, 5.74) is 0. The van der Waals surface area contributed by atoms with Crippen molar-refractivity contribution in [1.82, 2.24) is 4.90 Å². The van der Waals surface area contributed by atoms with Gasteiger partial charge in [0, 0.05) is 19.1 Å². The molecule has 0 radical (unpaired) electrons. The van der Waals surface area contributed by atoms with Crippen molar-refractivity contribution in [2.24, 2.45) is 5.92 Å². The normalized spacial score (nSPS) is 30.3. The van der Waals surface area contributed by atoms with Crippen molar-refractivity contribution in [3.05, 3.63) is 12.7 Å². The smallest absolute Gasteiger partial charge is 0.0845 e. The molecule has 0 aromatic heterocycles. The average Bonchev–Trinajstić information content (AvgIpc) is 2.66. The van der Waals surface area contributed by atoms with Crippen LogP contribution in [0, 0.1) is 5.92 Å². The van der Waals surface area contributed by atoms with E-state index in [-0.39, 0.29) is 6.10 Å². The summed E-state index contributed by atoms with van der Waals surface area (Å²) in [7, 11) is 0. The van der Waals surface area contributed by atoms with E-state index in [0.717, 1.165) is 25.0 Å². The molecule has 0 aliphatic carbocycles. The third-order valence-electron chi connectivity index (χ3n) is 2.27. The van der Waals surface area contributed by atoms with Gasteiger partial charge >= 0.3 is 0 Å². The first kappa shape index (κ1) is 9.75. The summed E-state index contributed by atoms with van der Waals surface area (Å²) in [6.07, 6.45) is 2.51. The molecule has 1 aliphatic heterocycles. The van der Waals surface area contributed by atoms with E-state index < -0.39 is 0 Å². The lowest BCUT2D eigenvalue weighted by molar-refractivity contribution is 0.194. The Morgan fingerprint density at radius 2 is 2.33 bits per heavy atom. The van der Waals surface area contributed by atoms with E-state index in [0.29, 0.717) is 0 Å². The van der Waals surface area contributed by atoms with Gasteiger partial charge in [0.05, 0.1) is 6.10 Å². The number of hydrogen-bond acceptors (Lipinski definition) is 2. The summed E-state index contributed by atoms with van der Waals surface area (Å²) in [5.74, 6) is 0.765. The Kier molecular flexibility index (Phi) is 3.29. The number of rotatable bonds is 5. The molecule has 0 spiro atoms. The Hall–Kier alpha value is -0.340. The highest BCUT2D eigenvalue weighted by Crippen LogP contribution is 2.24. The zero-order chi connectivity index (χ0) is 9.14. The van der Waals surface area contributed by atoms with E-state index >= 15 is 0 Å². The van der Waals surface area contributed by atoms with Crippen LogP contribution in [-0.2, 0) is 0 Å². The fraction of sp³-hybridized carbons (Fsp3) is 0.800. The van der Waals surface area contributed by atoms with E-state index in [1.54, 1.807) is 6.08 Å². The fourth-order valence-corrected chi connectivity index (χ4v) is 1.53. The van der Waals surface area contributed by atoms with E-state index in [4.69, 9.17) is 0 Å². The SMILES string of the molecule is C=C[C@@H](O)CN1C[C@H]1CC(C)C. The highest BCUT2D eigenvalue weighted by molar-refractivity contribution is 4.93.